The SMILES string of the molecule is Cc1nccc(-c2cnc(OC[C@@](C)(N)CC(C)C)c(C)c2)n1. The largest absolute Gasteiger partial charge is 0.476 e. The second kappa shape index (κ2) is 7.04. The van der Waals surface area contributed by atoms with E-state index in [0.717, 1.165) is 29.1 Å². The van der Waals surface area contributed by atoms with E-state index >= 15 is 0 Å². The maximum absolute atomic E-state index is 6.28. The minimum Gasteiger partial charge on any atom is -0.476 e. The average Bonchev–Trinajstić information content (AvgIpc) is 2.44. The Morgan fingerprint density at radius 1 is 1.26 bits per heavy atom. The third-order valence-electron chi connectivity index (χ3n) is 3.52. The molecule has 5 heteroatoms. The topological polar surface area (TPSA) is 73.9 Å². The Balaban J connectivity index is 2.11. The second-order valence-electron chi connectivity index (χ2n) is 6.88. The van der Waals surface area contributed by atoms with Crippen molar-refractivity contribution in [3.8, 4) is 17.1 Å². The Labute approximate surface area is 138 Å². The van der Waals surface area contributed by atoms with Gasteiger partial charge in [0.25, 0.3) is 0 Å². The van der Waals surface area contributed by atoms with Crippen molar-refractivity contribution in [2.24, 2.45) is 11.7 Å². The summed E-state index contributed by atoms with van der Waals surface area (Å²) >= 11 is 0. The first kappa shape index (κ1) is 17.3. The molecule has 2 aromatic heterocycles. The molecule has 0 aliphatic heterocycles. The molecule has 2 N–H and O–H groups in total. The van der Waals surface area contributed by atoms with Crippen molar-refractivity contribution in [2.45, 2.75) is 46.6 Å². The quantitative estimate of drug-likeness (QED) is 0.885. The van der Waals surface area contributed by atoms with Crippen molar-refractivity contribution >= 4 is 0 Å². The normalized spacial score (nSPS) is 13.9. The zero-order chi connectivity index (χ0) is 17.0. The number of hydrogen-bond acceptors (Lipinski definition) is 5. The molecule has 23 heavy (non-hydrogen) atoms. The summed E-state index contributed by atoms with van der Waals surface area (Å²) in [6, 6.07) is 3.91. The third-order valence-corrected chi connectivity index (χ3v) is 3.52. The summed E-state index contributed by atoms with van der Waals surface area (Å²) in [6.07, 6.45) is 4.44. The van der Waals surface area contributed by atoms with E-state index in [-0.39, 0.29) is 5.54 Å². The zero-order valence-corrected chi connectivity index (χ0v) is 14.6. The van der Waals surface area contributed by atoms with E-state index in [1.165, 1.54) is 0 Å². The molecule has 5 nitrogen and oxygen atoms in total. The van der Waals surface area contributed by atoms with Gasteiger partial charge in [-0.1, -0.05) is 13.8 Å². The molecule has 2 heterocycles. The van der Waals surface area contributed by atoms with Crippen molar-refractivity contribution in [1.29, 1.82) is 0 Å². The van der Waals surface area contributed by atoms with Gasteiger partial charge in [0.1, 0.15) is 12.4 Å². The molecule has 0 fully saturated rings. The first-order valence-electron chi connectivity index (χ1n) is 7.95. The van der Waals surface area contributed by atoms with E-state index in [9.17, 15) is 0 Å². The van der Waals surface area contributed by atoms with Crippen molar-refractivity contribution in [3.05, 3.63) is 35.9 Å². The lowest BCUT2D eigenvalue weighted by Crippen LogP contribution is -2.43. The Kier molecular flexibility index (Phi) is 5.31. The van der Waals surface area contributed by atoms with Gasteiger partial charge in [-0.25, -0.2) is 15.0 Å². The highest BCUT2D eigenvalue weighted by Gasteiger charge is 2.21. The smallest absolute Gasteiger partial charge is 0.216 e. The van der Waals surface area contributed by atoms with Gasteiger partial charge >= 0.3 is 0 Å². The number of pyridine rings is 1. The highest BCUT2D eigenvalue weighted by Crippen LogP contribution is 2.23. The number of hydrogen-bond donors (Lipinski definition) is 1. The number of aryl methyl sites for hydroxylation is 2. The second-order valence-corrected chi connectivity index (χ2v) is 6.88. The van der Waals surface area contributed by atoms with Crippen LogP contribution in [0.3, 0.4) is 0 Å². The Morgan fingerprint density at radius 3 is 2.61 bits per heavy atom. The third kappa shape index (κ3) is 4.99. The lowest BCUT2D eigenvalue weighted by atomic mass is 9.93. The molecule has 0 saturated carbocycles. The molecule has 0 bridgehead atoms. The maximum atomic E-state index is 6.28. The van der Waals surface area contributed by atoms with Crippen LogP contribution < -0.4 is 10.5 Å². The van der Waals surface area contributed by atoms with Gasteiger partial charge in [0.05, 0.1) is 5.69 Å². The first-order valence-corrected chi connectivity index (χ1v) is 7.95. The summed E-state index contributed by atoms with van der Waals surface area (Å²) in [5.41, 5.74) is 8.72. The molecule has 0 saturated heterocycles. The van der Waals surface area contributed by atoms with Crippen LogP contribution in [0.5, 0.6) is 5.88 Å². The van der Waals surface area contributed by atoms with Crippen LogP contribution in [0.25, 0.3) is 11.3 Å². The van der Waals surface area contributed by atoms with Crippen LogP contribution in [-0.4, -0.2) is 27.1 Å². The highest BCUT2D eigenvalue weighted by molar-refractivity contribution is 5.59. The lowest BCUT2D eigenvalue weighted by Gasteiger charge is -2.26. The van der Waals surface area contributed by atoms with Crippen LogP contribution in [0.15, 0.2) is 24.5 Å². The van der Waals surface area contributed by atoms with Crippen LogP contribution in [0.1, 0.15) is 38.6 Å². The molecule has 0 radical (unpaired) electrons. The molecule has 2 aromatic rings. The summed E-state index contributed by atoms with van der Waals surface area (Å²) in [4.78, 5) is 13.0. The molecule has 0 aliphatic carbocycles. The molecular formula is C18H26N4O. The zero-order valence-electron chi connectivity index (χ0n) is 14.6. The van der Waals surface area contributed by atoms with Crippen LogP contribution in [0.2, 0.25) is 0 Å². The molecule has 1 atom stereocenters. The van der Waals surface area contributed by atoms with Crippen molar-refractivity contribution < 1.29 is 4.74 Å². The van der Waals surface area contributed by atoms with E-state index in [0.29, 0.717) is 18.4 Å². The minimum absolute atomic E-state index is 0.356. The predicted octanol–water partition coefficient (Wildman–Crippen LogP) is 3.30. The van der Waals surface area contributed by atoms with Gasteiger partial charge in [-0.15, -0.1) is 0 Å². The maximum Gasteiger partial charge on any atom is 0.216 e. The fourth-order valence-corrected chi connectivity index (χ4v) is 2.70. The van der Waals surface area contributed by atoms with E-state index in [4.69, 9.17) is 10.5 Å². The van der Waals surface area contributed by atoms with Gasteiger partial charge < -0.3 is 10.5 Å². The van der Waals surface area contributed by atoms with E-state index < -0.39 is 0 Å². The molecule has 2 rings (SSSR count). The summed E-state index contributed by atoms with van der Waals surface area (Å²) in [5.74, 6) is 1.90. The Bertz CT molecular complexity index is 668. The van der Waals surface area contributed by atoms with Crippen molar-refractivity contribution in [3.63, 3.8) is 0 Å². The molecule has 0 spiro atoms. The number of rotatable bonds is 6. The minimum atomic E-state index is -0.356. The Hall–Kier alpha value is -2.01. The number of nitrogens with zero attached hydrogens (tertiary/aromatic N) is 3. The molecule has 0 amide bonds. The summed E-state index contributed by atoms with van der Waals surface area (Å²) in [6.45, 7) is 10.6. The van der Waals surface area contributed by atoms with Crippen LogP contribution >= 0.6 is 0 Å². The average molecular weight is 314 g/mol. The highest BCUT2D eigenvalue weighted by atomic mass is 16.5. The van der Waals surface area contributed by atoms with Crippen molar-refractivity contribution in [1.82, 2.24) is 15.0 Å². The van der Waals surface area contributed by atoms with Gasteiger partial charge in [-0.05, 0) is 45.2 Å². The Morgan fingerprint density at radius 2 is 2.00 bits per heavy atom. The number of nitrogens with two attached hydrogens (primary N) is 1. The van der Waals surface area contributed by atoms with Gasteiger partial charge in [-0.2, -0.15) is 0 Å². The van der Waals surface area contributed by atoms with Gasteiger partial charge in [0.2, 0.25) is 5.88 Å². The number of aromatic nitrogens is 3. The van der Waals surface area contributed by atoms with Crippen LogP contribution in [0, 0.1) is 19.8 Å². The number of ether oxygens (including phenoxy) is 1. The summed E-state index contributed by atoms with van der Waals surface area (Å²) < 4.78 is 5.85. The van der Waals surface area contributed by atoms with Crippen LogP contribution in [-0.2, 0) is 0 Å². The van der Waals surface area contributed by atoms with E-state index in [1.807, 2.05) is 32.9 Å². The monoisotopic (exact) mass is 314 g/mol. The van der Waals surface area contributed by atoms with E-state index in [2.05, 4.69) is 28.8 Å². The van der Waals surface area contributed by atoms with Gasteiger partial charge in [-0.3, -0.25) is 0 Å². The fraction of sp³-hybridized carbons (Fsp3) is 0.500. The fourth-order valence-electron chi connectivity index (χ4n) is 2.70. The van der Waals surface area contributed by atoms with Gasteiger partial charge in [0, 0.05) is 29.1 Å². The molecule has 0 unspecified atom stereocenters. The summed E-state index contributed by atoms with van der Waals surface area (Å²) in [7, 11) is 0. The first-order chi connectivity index (χ1) is 10.8. The van der Waals surface area contributed by atoms with Crippen LogP contribution in [0.4, 0.5) is 0 Å². The molecule has 124 valence electrons. The van der Waals surface area contributed by atoms with Crippen molar-refractivity contribution in [2.75, 3.05) is 6.61 Å². The predicted molar refractivity (Wildman–Crippen MR) is 92.3 cm³/mol. The van der Waals surface area contributed by atoms with Gasteiger partial charge in [0.15, 0.2) is 0 Å². The van der Waals surface area contributed by atoms with E-state index in [1.54, 1.807) is 12.4 Å². The molecule has 0 aliphatic rings. The summed E-state index contributed by atoms with van der Waals surface area (Å²) in [5, 5.41) is 0. The molecular weight excluding hydrogens is 288 g/mol. The molecule has 0 aromatic carbocycles. The standard InChI is InChI=1S/C18H26N4O/c1-12(2)9-18(5,19)11-23-17-13(3)8-15(10-21-17)16-6-7-20-14(4)22-16/h6-8,10,12H,9,11,19H2,1-5H3/t18-/m0/s1. The lowest BCUT2D eigenvalue weighted by molar-refractivity contribution is 0.199.